The number of hydrogen-bond acceptors (Lipinski definition) is 6. The minimum Gasteiger partial charge on any atom is -0.632 e. The van der Waals surface area contributed by atoms with Crippen molar-refractivity contribution in [2.45, 2.75) is 135 Å². The van der Waals surface area contributed by atoms with Crippen LogP contribution in [0, 0.1) is 16.3 Å². The van der Waals surface area contributed by atoms with Crippen LogP contribution in [0.2, 0.25) is 0 Å². The van der Waals surface area contributed by atoms with Gasteiger partial charge in [-0.2, -0.15) is 0 Å². The normalized spacial score (nSPS) is 29.9. The molecule has 3 aliphatic rings. The number of piperazine rings is 2. The second-order valence-corrected chi connectivity index (χ2v) is 17.9. The highest BCUT2D eigenvalue weighted by atomic mass is 16.6. The maximum absolute atomic E-state index is 15.5. The van der Waals surface area contributed by atoms with E-state index in [0.29, 0.717) is 39.0 Å². The van der Waals surface area contributed by atoms with E-state index in [0.717, 1.165) is 5.56 Å². The molecule has 0 bridgehead atoms. The fourth-order valence-electron chi connectivity index (χ4n) is 10.1. The Morgan fingerprint density at radius 2 is 1.17 bits per heavy atom. The molecule has 0 saturated carbocycles. The first-order valence-corrected chi connectivity index (χ1v) is 15.9. The van der Waals surface area contributed by atoms with Gasteiger partial charge in [0.2, 0.25) is 0 Å². The standard InChI is InChI=1S/C34H59N5O3/c1-29(2)21-38(41,22-30(3,4)35-29)20-27(39(42)23-31(5,6)36-32(7,8)24-39)37-33(9,10)18-26(19-34(37,11)12)28(40)25-16-14-13-15-17-25/h13-17,26-27,35-36H,18-24H2,1-12H3. The molecule has 0 amide bonds. The van der Waals surface area contributed by atoms with Crippen molar-refractivity contribution in [3.05, 3.63) is 46.3 Å². The summed E-state index contributed by atoms with van der Waals surface area (Å²) in [6, 6.07) is 9.58. The minimum atomic E-state index is -0.564. The first kappa shape index (κ1) is 33.5. The van der Waals surface area contributed by atoms with Crippen molar-refractivity contribution in [2.75, 3.05) is 32.7 Å². The Bertz CT molecular complexity index is 1110. The summed E-state index contributed by atoms with van der Waals surface area (Å²) in [5, 5.41) is 37.8. The molecule has 4 rings (SSSR count). The van der Waals surface area contributed by atoms with Crippen molar-refractivity contribution >= 4 is 5.78 Å². The second kappa shape index (κ2) is 10.3. The highest BCUT2D eigenvalue weighted by Crippen LogP contribution is 2.47. The van der Waals surface area contributed by atoms with Crippen LogP contribution in [0.4, 0.5) is 0 Å². The number of piperidine rings is 1. The molecule has 3 heterocycles. The number of hydrogen-bond donors (Lipinski definition) is 2. The van der Waals surface area contributed by atoms with Crippen molar-refractivity contribution in [2.24, 2.45) is 5.92 Å². The van der Waals surface area contributed by atoms with Gasteiger partial charge >= 0.3 is 0 Å². The first-order valence-electron chi connectivity index (χ1n) is 15.9. The van der Waals surface area contributed by atoms with Crippen LogP contribution < -0.4 is 10.6 Å². The third-order valence-electron chi connectivity index (χ3n) is 9.61. The Kier molecular flexibility index (Phi) is 8.24. The fraction of sp³-hybridized carbons (Fsp3) is 0.794. The van der Waals surface area contributed by atoms with Gasteiger partial charge in [0.1, 0.15) is 6.54 Å². The number of hydroxylamine groups is 6. The summed E-state index contributed by atoms with van der Waals surface area (Å²) in [5.41, 5.74) is -1.72. The molecule has 238 valence electrons. The summed E-state index contributed by atoms with van der Waals surface area (Å²) in [7, 11) is 0. The number of quaternary nitrogens is 2. The van der Waals surface area contributed by atoms with Gasteiger partial charge in [-0.25, -0.2) is 4.90 Å². The number of Topliss-reactive ketones (excluding diaryl/α,β-unsaturated/α-hetero) is 1. The maximum Gasteiger partial charge on any atom is 0.196 e. The lowest BCUT2D eigenvalue weighted by Crippen LogP contribution is -2.83. The van der Waals surface area contributed by atoms with Crippen molar-refractivity contribution in [3.63, 3.8) is 0 Å². The molecule has 0 aliphatic carbocycles. The molecule has 0 aromatic heterocycles. The van der Waals surface area contributed by atoms with Crippen LogP contribution in [-0.2, 0) is 0 Å². The molecule has 1 unspecified atom stereocenters. The van der Waals surface area contributed by atoms with Crippen LogP contribution in [0.1, 0.15) is 106 Å². The smallest absolute Gasteiger partial charge is 0.196 e. The molecule has 1 aromatic carbocycles. The molecule has 0 radical (unpaired) electrons. The summed E-state index contributed by atoms with van der Waals surface area (Å²) in [6.45, 7) is 27.3. The average Bonchev–Trinajstić information content (AvgIpc) is 2.71. The number of carbonyl (C=O) groups excluding carboxylic acids is 1. The number of carbonyl (C=O) groups is 1. The van der Waals surface area contributed by atoms with E-state index >= 15 is 5.21 Å². The van der Waals surface area contributed by atoms with E-state index in [4.69, 9.17) is 0 Å². The monoisotopic (exact) mass is 585 g/mol. The number of likely N-dealkylation sites (tertiary alicyclic amines) is 1. The van der Waals surface area contributed by atoms with Crippen molar-refractivity contribution in [3.8, 4) is 0 Å². The zero-order valence-corrected chi connectivity index (χ0v) is 28.6. The van der Waals surface area contributed by atoms with Crippen molar-refractivity contribution in [1.82, 2.24) is 15.5 Å². The molecule has 8 nitrogen and oxygen atoms in total. The van der Waals surface area contributed by atoms with Crippen LogP contribution in [0.5, 0.6) is 0 Å². The Morgan fingerprint density at radius 1 is 0.762 bits per heavy atom. The third-order valence-corrected chi connectivity index (χ3v) is 9.61. The van der Waals surface area contributed by atoms with Crippen molar-refractivity contribution in [1.29, 1.82) is 0 Å². The quantitative estimate of drug-likeness (QED) is 0.263. The summed E-state index contributed by atoms with van der Waals surface area (Å²) >= 11 is 0. The fourth-order valence-corrected chi connectivity index (χ4v) is 10.1. The van der Waals surface area contributed by atoms with Crippen molar-refractivity contribution < 1.29 is 14.1 Å². The van der Waals surface area contributed by atoms with Gasteiger partial charge in [0.25, 0.3) is 0 Å². The van der Waals surface area contributed by atoms with Gasteiger partial charge in [0.15, 0.2) is 11.9 Å². The molecule has 3 aliphatic heterocycles. The molecule has 3 fully saturated rings. The predicted molar refractivity (Wildman–Crippen MR) is 171 cm³/mol. The van der Waals surface area contributed by atoms with E-state index < -0.39 is 37.6 Å². The number of nitrogens with one attached hydrogen (secondary N) is 2. The molecule has 2 N–H and O–H groups in total. The number of ketones is 1. The Balaban J connectivity index is 1.80. The highest BCUT2D eigenvalue weighted by Gasteiger charge is 2.59. The third kappa shape index (κ3) is 7.12. The lowest BCUT2D eigenvalue weighted by molar-refractivity contribution is -0.977. The highest BCUT2D eigenvalue weighted by molar-refractivity contribution is 5.98. The summed E-state index contributed by atoms with van der Waals surface area (Å²) in [4.78, 5) is 16.1. The van der Waals surface area contributed by atoms with Gasteiger partial charge in [-0.3, -0.25) is 15.4 Å². The van der Waals surface area contributed by atoms with Gasteiger partial charge in [0.05, 0.1) is 48.3 Å². The van der Waals surface area contributed by atoms with Gasteiger partial charge in [-0.05, 0) is 95.9 Å². The van der Waals surface area contributed by atoms with E-state index in [2.05, 4.69) is 98.6 Å². The van der Waals surface area contributed by atoms with Crippen LogP contribution in [0.15, 0.2) is 30.3 Å². The Labute approximate surface area is 255 Å². The van der Waals surface area contributed by atoms with Crippen LogP contribution in [0.3, 0.4) is 0 Å². The number of benzene rings is 1. The maximum atomic E-state index is 15.5. The van der Waals surface area contributed by atoms with E-state index in [1.165, 1.54) is 0 Å². The number of rotatable bonds is 6. The molecule has 42 heavy (non-hydrogen) atoms. The molecule has 8 heteroatoms. The molecule has 0 spiro atoms. The lowest BCUT2D eigenvalue weighted by atomic mass is 9.70. The minimum absolute atomic E-state index is 0.155. The van der Waals surface area contributed by atoms with Gasteiger partial charge in [-0.1, -0.05) is 30.3 Å². The summed E-state index contributed by atoms with van der Waals surface area (Å²) in [5.74, 6) is 0.0131. The molecular weight excluding hydrogens is 526 g/mol. The van der Waals surface area contributed by atoms with E-state index in [1.54, 1.807) is 0 Å². The zero-order chi connectivity index (χ0) is 31.8. The molecule has 1 atom stereocenters. The Morgan fingerprint density at radius 3 is 1.60 bits per heavy atom. The van der Waals surface area contributed by atoms with Gasteiger partial charge < -0.3 is 19.7 Å². The van der Waals surface area contributed by atoms with Crippen LogP contribution in [0.25, 0.3) is 0 Å². The number of nitrogens with zero attached hydrogens (tertiary/aromatic N) is 3. The van der Waals surface area contributed by atoms with E-state index in [9.17, 15) is 10.0 Å². The van der Waals surface area contributed by atoms with Gasteiger partial charge in [0, 0.05) is 22.6 Å². The van der Waals surface area contributed by atoms with Crippen LogP contribution >= 0.6 is 0 Å². The second-order valence-electron chi connectivity index (χ2n) is 17.9. The lowest BCUT2D eigenvalue weighted by Gasteiger charge is -2.68. The summed E-state index contributed by atoms with van der Waals surface area (Å²) in [6.07, 6.45) is 0.720. The SMILES string of the molecule is CC1(C)C[N+]([O-])(CC(N2C(C)(C)CC(C(=O)c3ccccc3)CC2(C)C)[N+]2([O-])CC(C)(C)NC(C)(C)C2)CC(C)(C)N1. The Hall–Kier alpha value is -1.39. The molecular formula is C34H59N5O3. The van der Waals surface area contributed by atoms with E-state index in [1.807, 2.05) is 30.3 Å². The zero-order valence-electron chi connectivity index (χ0n) is 28.6. The van der Waals surface area contributed by atoms with Gasteiger partial charge in [-0.15, -0.1) is 0 Å². The van der Waals surface area contributed by atoms with E-state index in [-0.39, 0.29) is 29.3 Å². The largest absolute Gasteiger partial charge is 0.632 e. The molecule has 1 aromatic rings. The molecule has 3 saturated heterocycles. The predicted octanol–water partition coefficient (Wildman–Crippen LogP) is 5.41. The topological polar surface area (TPSA) is 90.5 Å². The first-order chi connectivity index (χ1) is 18.8. The van der Waals surface area contributed by atoms with Crippen LogP contribution in [-0.4, -0.2) is 92.1 Å². The summed E-state index contributed by atoms with van der Waals surface area (Å²) < 4.78 is -0.864. The average molecular weight is 586 g/mol.